The molecule has 7 nitrogen and oxygen atoms in total. The zero-order chi connectivity index (χ0) is 19.7. The van der Waals surface area contributed by atoms with Gasteiger partial charge in [-0.15, -0.1) is 0 Å². The summed E-state index contributed by atoms with van der Waals surface area (Å²) in [6, 6.07) is 7.61. The van der Waals surface area contributed by atoms with Crippen molar-refractivity contribution in [1.29, 1.82) is 0 Å². The highest BCUT2D eigenvalue weighted by Crippen LogP contribution is 2.17. The van der Waals surface area contributed by atoms with Gasteiger partial charge in [-0.25, -0.2) is 13.4 Å². The molecular weight excluding hydrogens is 364 g/mol. The van der Waals surface area contributed by atoms with Crippen LogP contribution in [0, 0.1) is 5.92 Å². The lowest BCUT2D eigenvalue weighted by molar-refractivity contribution is 0.0729. The van der Waals surface area contributed by atoms with Crippen LogP contribution in [0.1, 0.15) is 31.9 Å². The number of morpholine rings is 1. The SMILES string of the molecule is CCNC(=NCc1ccccc1CS(=O)(=O)N1CCOCC1)NCC(C)C. The predicted molar refractivity (Wildman–Crippen MR) is 109 cm³/mol. The van der Waals surface area contributed by atoms with Crippen LogP contribution in [0.25, 0.3) is 0 Å². The van der Waals surface area contributed by atoms with Crippen molar-refractivity contribution in [2.24, 2.45) is 10.9 Å². The molecule has 0 spiro atoms. The molecule has 0 radical (unpaired) electrons. The molecule has 0 unspecified atom stereocenters. The smallest absolute Gasteiger partial charge is 0.218 e. The Kier molecular flexibility index (Phi) is 8.53. The van der Waals surface area contributed by atoms with Gasteiger partial charge in [-0.3, -0.25) is 0 Å². The van der Waals surface area contributed by atoms with Gasteiger partial charge in [0.25, 0.3) is 0 Å². The molecule has 27 heavy (non-hydrogen) atoms. The molecule has 1 fully saturated rings. The summed E-state index contributed by atoms with van der Waals surface area (Å²) in [5.41, 5.74) is 1.73. The maximum absolute atomic E-state index is 12.7. The van der Waals surface area contributed by atoms with Gasteiger partial charge in [0, 0.05) is 26.2 Å². The number of aliphatic imine (C=N–C) groups is 1. The van der Waals surface area contributed by atoms with Crippen LogP contribution < -0.4 is 10.6 Å². The fraction of sp³-hybridized carbons (Fsp3) is 0.632. The van der Waals surface area contributed by atoms with E-state index in [1.165, 1.54) is 4.31 Å². The van der Waals surface area contributed by atoms with E-state index >= 15 is 0 Å². The number of nitrogens with one attached hydrogen (secondary N) is 2. The van der Waals surface area contributed by atoms with Crippen LogP contribution in [0.4, 0.5) is 0 Å². The Morgan fingerprint density at radius 1 is 1.19 bits per heavy atom. The molecule has 0 atom stereocenters. The monoisotopic (exact) mass is 396 g/mol. The normalized spacial score (nSPS) is 16.5. The van der Waals surface area contributed by atoms with E-state index < -0.39 is 10.0 Å². The summed E-state index contributed by atoms with van der Waals surface area (Å²) in [5, 5.41) is 6.53. The average molecular weight is 397 g/mol. The summed E-state index contributed by atoms with van der Waals surface area (Å²) in [7, 11) is -3.36. The molecule has 1 aromatic rings. The minimum Gasteiger partial charge on any atom is -0.379 e. The Hall–Kier alpha value is -1.64. The van der Waals surface area contributed by atoms with Crippen molar-refractivity contribution in [3.8, 4) is 0 Å². The van der Waals surface area contributed by atoms with Gasteiger partial charge >= 0.3 is 0 Å². The van der Waals surface area contributed by atoms with E-state index in [4.69, 9.17) is 4.74 Å². The number of sulfonamides is 1. The van der Waals surface area contributed by atoms with E-state index in [0.717, 1.165) is 30.2 Å². The minimum atomic E-state index is -3.36. The molecular formula is C19H32N4O3S. The molecule has 0 bridgehead atoms. The zero-order valence-electron chi connectivity index (χ0n) is 16.6. The van der Waals surface area contributed by atoms with Crippen LogP contribution in [-0.4, -0.2) is 58.1 Å². The first-order valence-corrected chi connectivity index (χ1v) is 11.2. The summed E-state index contributed by atoms with van der Waals surface area (Å²) in [6.45, 7) is 10.1. The molecule has 0 aromatic heterocycles. The van der Waals surface area contributed by atoms with Crippen molar-refractivity contribution in [2.75, 3.05) is 39.4 Å². The molecule has 1 aliphatic rings. The number of nitrogens with zero attached hydrogens (tertiary/aromatic N) is 2. The Morgan fingerprint density at radius 2 is 1.85 bits per heavy atom. The standard InChI is InChI=1S/C19H32N4O3S/c1-4-20-19(21-13-16(2)3)22-14-17-7-5-6-8-18(17)15-27(24,25)23-9-11-26-12-10-23/h5-8,16H,4,9-15H2,1-3H3,(H2,20,21,22). The van der Waals surface area contributed by atoms with Crippen LogP contribution >= 0.6 is 0 Å². The van der Waals surface area contributed by atoms with Gasteiger partial charge in [-0.05, 0) is 24.0 Å². The molecule has 0 saturated carbocycles. The molecule has 1 aromatic carbocycles. The highest BCUT2D eigenvalue weighted by Gasteiger charge is 2.25. The molecule has 0 amide bonds. The second kappa shape index (κ2) is 10.6. The summed E-state index contributed by atoms with van der Waals surface area (Å²) in [5.74, 6) is 1.26. The fourth-order valence-electron chi connectivity index (χ4n) is 2.77. The number of guanidine groups is 1. The first-order chi connectivity index (χ1) is 12.9. The van der Waals surface area contributed by atoms with Crippen LogP contribution in [0.2, 0.25) is 0 Å². The quantitative estimate of drug-likeness (QED) is 0.515. The van der Waals surface area contributed by atoms with Gasteiger partial charge in [-0.2, -0.15) is 4.31 Å². The van der Waals surface area contributed by atoms with Crippen LogP contribution in [-0.2, 0) is 27.1 Å². The van der Waals surface area contributed by atoms with E-state index in [2.05, 4.69) is 29.5 Å². The van der Waals surface area contributed by atoms with Crippen molar-refractivity contribution >= 4 is 16.0 Å². The summed E-state index contributed by atoms with van der Waals surface area (Å²) >= 11 is 0. The first-order valence-electron chi connectivity index (χ1n) is 9.57. The molecule has 152 valence electrons. The second-order valence-electron chi connectivity index (χ2n) is 7.01. The molecule has 0 aliphatic carbocycles. The Labute approximate surface area is 163 Å². The molecule has 2 rings (SSSR count). The number of rotatable bonds is 8. The zero-order valence-corrected chi connectivity index (χ0v) is 17.4. The van der Waals surface area contributed by atoms with Crippen LogP contribution in [0.3, 0.4) is 0 Å². The van der Waals surface area contributed by atoms with Gasteiger partial charge < -0.3 is 15.4 Å². The summed E-state index contributed by atoms with van der Waals surface area (Å²) in [4.78, 5) is 4.62. The van der Waals surface area contributed by atoms with Gasteiger partial charge in [0.15, 0.2) is 5.96 Å². The van der Waals surface area contributed by atoms with Gasteiger partial charge in [0.2, 0.25) is 10.0 Å². The van der Waals surface area contributed by atoms with Crippen molar-refractivity contribution in [1.82, 2.24) is 14.9 Å². The first kappa shape index (κ1) is 21.7. The average Bonchev–Trinajstić information content (AvgIpc) is 2.65. The third kappa shape index (κ3) is 7.12. The Balaban J connectivity index is 2.10. The molecule has 1 saturated heterocycles. The number of hydrogen-bond acceptors (Lipinski definition) is 4. The minimum absolute atomic E-state index is 0.00530. The third-order valence-electron chi connectivity index (χ3n) is 4.25. The molecule has 2 N–H and O–H groups in total. The maximum atomic E-state index is 12.7. The maximum Gasteiger partial charge on any atom is 0.218 e. The van der Waals surface area contributed by atoms with Crippen molar-refractivity contribution in [3.63, 3.8) is 0 Å². The predicted octanol–water partition coefficient (Wildman–Crippen LogP) is 1.56. The van der Waals surface area contributed by atoms with Gasteiger partial charge in [-0.1, -0.05) is 38.1 Å². The van der Waals surface area contributed by atoms with E-state index in [1.807, 2.05) is 31.2 Å². The van der Waals surface area contributed by atoms with Crippen molar-refractivity contribution in [2.45, 2.75) is 33.1 Å². The highest BCUT2D eigenvalue weighted by atomic mass is 32.2. The largest absolute Gasteiger partial charge is 0.379 e. The Bertz CT molecular complexity index is 713. The number of benzene rings is 1. The topological polar surface area (TPSA) is 83.0 Å². The molecule has 1 heterocycles. The lowest BCUT2D eigenvalue weighted by atomic mass is 10.1. The lowest BCUT2D eigenvalue weighted by Crippen LogP contribution is -2.41. The number of ether oxygens (including phenoxy) is 1. The highest BCUT2D eigenvalue weighted by molar-refractivity contribution is 7.88. The second-order valence-corrected chi connectivity index (χ2v) is 8.98. The lowest BCUT2D eigenvalue weighted by Gasteiger charge is -2.26. The Morgan fingerprint density at radius 3 is 2.48 bits per heavy atom. The summed E-state index contributed by atoms with van der Waals surface area (Å²) in [6.07, 6.45) is 0. The summed E-state index contributed by atoms with van der Waals surface area (Å²) < 4.78 is 32.2. The molecule has 8 heteroatoms. The van der Waals surface area contributed by atoms with E-state index in [9.17, 15) is 8.42 Å². The van der Waals surface area contributed by atoms with E-state index in [-0.39, 0.29) is 5.75 Å². The van der Waals surface area contributed by atoms with E-state index in [1.54, 1.807) is 0 Å². The van der Waals surface area contributed by atoms with Gasteiger partial charge in [0.1, 0.15) is 0 Å². The third-order valence-corrected chi connectivity index (χ3v) is 6.08. The van der Waals surface area contributed by atoms with Crippen molar-refractivity contribution in [3.05, 3.63) is 35.4 Å². The van der Waals surface area contributed by atoms with Crippen LogP contribution in [0.5, 0.6) is 0 Å². The van der Waals surface area contributed by atoms with Crippen molar-refractivity contribution < 1.29 is 13.2 Å². The fourth-order valence-corrected chi connectivity index (χ4v) is 4.33. The molecule has 1 aliphatic heterocycles. The van der Waals surface area contributed by atoms with Gasteiger partial charge in [0.05, 0.1) is 25.5 Å². The number of hydrogen-bond donors (Lipinski definition) is 2. The van der Waals surface area contributed by atoms with Crippen LogP contribution in [0.15, 0.2) is 29.3 Å². The van der Waals surface area contributed by atoms with E-state index in [0.29, 0.717) is 38.8 Å².